The standard InChI is InChI=1S/C15H15N3O2/c19-14-4-13(8-17-9-14)15(20)18-5-10-1-2-11-6-16-7-12(11)3-10/h1-4,8-9,16,19H,5-7H2,(H,18,20). The summed E-state index contributed by atoms with van der Waals surface area (Å²) in [5, 5.41) is 15.4. The number of rotatable bonds is 3. The molecule has 0 saturated carbocycles. The molecule has 1 aromatic heterocycles. The van der Waals surface area contributed by atoms with Gasteiger partial charge < -0.3 is 15.7 Å². The van der Waals surface area contributed by atoms with Gasteiger partial charge in [0, 0.05) is 25.8 Å². The van der Waals surface area contributed by atoms with Gasteiger partial charge in [0.2, 0.25) is 0 Å². The van der Waals surface area contributed by atoms with Crippen molar-refractivity contribution in [3.63, 3.8) is 0 Å². The number of aromatic nitrogens is 1. The van der Waals surface area contributed by atoms with Crippen LogP contribution in [0.4, 0.5) is 0 Å². The number of nitrogens with zero attached hydrogens (tertiary/aromatic N) is 1. The van der Waals surface area contributed by atoms with E-state index in [-0.39, 0.29) is 11.7 Å². The van der Waals surface area contributed by atoms with Crippen LogP contribution in [-0.2, 0) is 19.6 Å². The summed E-state index contributed by atoms with van der Waals surface area (Å²) in [6.45, 7) is 2.26. The highest BCUT2D eigenvalue weighted by atomic mass is 16.3. The Labute approximate surface area is 116 Å². The second-order valence-corrected chi connectivity index (χ2v) is 4.82. The number of carbonyl (C=O) groups excluding carboxylic acids is 1. The van der Waals surface area contributed by atoms with Crippen LogP contribution in [0.15, 0.2) is 36.7 Å². The van der Waals surface area contributed by atoms with Gasteiger partial charge in [-0.1, -0.05) is 18.2 Å². The van der Waals surface area contributed by atoms with Gasteiger partial charge in [-0.05, 0) is 22.8 Å². The van der Waals surface area contributed by atoms with E-state index in [0.29, 0.717) is 12.1 Å². The van der Waals surface area contributed by atoms with E-state index in [4.69, 9.17) is 0 Å². The van der Waals surface area contributed by atoms with Crippen LogP contribution < -0.4 is 10.6 Å². The molecule has 20 heavy (non-hydrogen) atoms. The summed E-state index contributed by atoms with van der Waals surface area (Å²) in [4.78, 5) is 15.7. The van der Waals surface area contributed by atoms with Gasteiger partial charge in [-0.15, -0.1) is 0 Å². The van der Waals surface area contributed by atoms with E-state index < -0.39 is 0 Å². The fraction of sp³-hybridized carbons (Fsp3) is 0.200. The number of benzene rings is 1. The number of hydrogen-bond donors (Lipinski definition) is 3. The number of pyridine rings is 1. The summed E-state index contributed by atoms with van der Waals surface area (Å²) in [7, 11) is 0. The largest absolute Gasteiger partial charge is 0.506 e. The molecule has 0 spiro atoms. The predicted molar refractivity (Wildman–Crippen MR) is 74.1 cm³/mol. The third-order valence-electron chi connectivity index (χ3n) is 3.34. The number of amides is 1. The van der Waals surface area contributed by atoms with E-state index in [2.05, 4.69) is 27.8 Å². The van der Waals surface area contributed by atoms with Crippen LogP contribution in [-0.4, -0.2) is 16.0 Å². The first-order chi connectivity index (χ1) is 9.72. The molecular weight excluding hydrogens is 254 g/mol. The second kappa shape index (κ2) is 5.30. The molecule has 0 fully saturated rings. The quantitative estimate of drug-likeness (QED) is 0.785. The monoisotopic (exact) mass is 269 g/mol. The Morgan fingerprint density at radius 3 is 2.95 bits per heavy atom. The molecular formula is C15H15N3O2. The van der Waals surface area contributed by atoms with E-state index in [0.717, 1.165) is 18.7 Å². The molecule has 0 atom stereocenters. The molecule has 1 amide bonds. The first-order valence-corrected chi connectivity index (χ1v) is 6.46. The molecule has 0 saturated heterocycles. The van der Waals surface area contributed by atoms with Gasteiger partial charge in [-0.3, -0.25) is 9.78 Å². The van der Waals surface area contributed by atoms with Gasteiger partial charge in [-0.25, -0.2) is 0 Å². The van der Waals surface area contributed by atoms with Crippen molar-refractivity contribution in [1.82, 2.24) is 15.6 Å². The van der Waals surface area contributed by atoms with Gasteiger partial charge in [-0.2, -0.15) is 0 Å². The predicted octanol–water partition coefficient (Wildman–Crippen LogP) is 1.32. The number of carbonyl (C=O) groups is 1. The lowest BCUT2D eigenvalue weighted by Crippen LogP contribution is -2.22. The first kappa shape index (κ1) is 12.6. The van der Waals surface area contributed by atoms with E-state index in [9.17, 15) is 9.90 Å². The highest BCUT2D eigenvalue weighted by molar-refractivity contribution is 5.94. The molecule has 3 N–H and O–H groups in total. The van der Waals surface area contributed by atoms with Crippen molar-refractivity contribution in [1.29, 1.82) is 0 Å². The first-order valence-electron chi connectivity index (χ1n) is 6.46. The van der Waals surface area contributed by atoms with Crippen LogP contribution in [0.1, 0.15) is 27.0 Å². The molecule has 1 aliphatic heterocycles. The summed E-state index contributed by atoms with van der Waals surface area (Å²) in [6.07, 6.45) is 2.73. The minimum Gasteiger partial charge on any atom is -0.506 e. The number of fused-ring (bicyclic) bond motifs is 1. The Balaban J connectivity index is 1.66. The molecule has 0 bridgehead atoms. The van der Waals surface area contributed by atoms with Crippen LogP contribution in [0.2, 0.25) is 0 Å². The second-order valence-electron chi connectivity index (χ2n) is 4.82. The van der Waals surface area contributed by atoms with E-state index >= 15 is 0 Å². The lowest BCUT2D eigenvalue weighted by molar-refractivity contribution is 0.0950. The molecule has 3 rings (SSSR count). The smallest absolute Gasteiger partial charge is 0.253 e. The van der Waals surface area contributed by atoms with E-state index in [1.54, 1.807) is 0 Å². The van der Waals surface area contributed by atoms with E-state index in [1.807, 2.05) is 6.07 Å². The van der Waals surface area contributed by atoms with Gasteiger partial charge in [0.15, 0.2) is 0 Å². The van der Waals surface area contributed by atoms with Gasteiger partial charge >= 0.3 is 0 Å². The summed E-state index contributed by atoms with van der Waals surface area (Å²) >= 11 is 0. The van der Waals surface area contributed by atoms with Crippen molar-refractivity contribution in [3.8, 4) is 5.75 Å². The van der Waals surface area contributed by atoms with Crippen LogP contribution in [0, 0.1) is 0 Å². The maximum absolute atomic E-state index is 11.9. The minimum absolute atomic E-state index is 0.0127. The topological polar surface area (TPSA) is 74.2 Å². The molecule has 102 valence electrons. The molecule has 2 heterocycles. The van der Waals surface area contributed by atoms with Gasteiger partial charge in [0.1, 0.15) is 5.75 Å². The van der Waals surface area contributed by atoms with Gasteiger partial charge in [0.05, 0.1) is 11.8 Å². The fourth-order valence-corrected chi connectivity index (χ4v) is 2.29. The average Bonchev–Trinajstić information content (AvgIpc) is 2.92. The lowest BCUT2D eigenvalue weighted by Gasteiger charge is -2.07. The Hall–Kier alpha value is -2.40. The molecule has 2 aromatic rings. The third-order valence-corrected chi connectivity index (χ3v) is 3.34. The van der Waals surface area contributed by atoms with Crippen molar-refractivity contribution >= 4 is 5.91 Å². The Morgan fingerprint density at radius 1 is 1.25 bits per heavy atom. The maximum atomic E-state index is 11.9. The zero-order valence-corrected chi connectivity index (χ0v) is 10.9. The van der Waals surface area contributed by atoms with Gasteiger partial charge in [0.25, 0.3) is 5.91 Å². The van der Waals surface area contributed by atoms with Crippen LogP contribution in [0.5, 0.6) is 5.75 Å². The van der Waals surface area contributed by atoms with E-state index in [1.165, 1.54) is 29.6 Å². The highest BCUT2D eigenvalue weighted by Crippen LogP contribution is 2.17. The lowest BCUT2D eigenvalue weighted by atomic mass is 10.1. The summed E-state index contributed by atoms with van der Waals surface area (Å²) in [6, 6.07) is 7.62. The third kappa shape index (κ3) is 2.62. The van der Waals surface area contributed by atoms with Crippen molar-refractivity contribution in [2.75, 3.05) is 0 Å². The summed E-state index contributed by atoms with van der Waals surface area (Å²) < 4.78 is 0. The molecule has 0 radical (unpaired) electrons. The highest BCUT2D eigenvalue weighted by Gasteiger charge is 2.11. The fourth-order valence-electron chi connectivity index (χ4n) is 2.29. The van der Waals surface area contributed by atoms with Crippen molar-refractivity contribution in [2.24, 2.45) is 0 Å². The van der Waals surface area contributed by atoms with Crippen LogP contribution in [0.25, 0.3) is 0 Å². The van der Waals surface area contributed by atoms with Crippen molar-refractivity contribution in [3.05, 3.63) is 58.9 Å². The normalized spacial score (nSPS) is 13.0. The van der Waals surface area contributed by atoms with Crippen LogP contribution >= 0.6 is 0 Å². The number of aromatic hydroxyl groups is 1. The molecule has 0 aliphatic carbocycles. The molecule has 5 heteroatoms. The minimum atomic E-state index is -0.243. The van der Waals surface area contributed by atoms with Crippen molar-refractivity contribution < 1.29 is 9.90 Å². The van der Waals surface area contributed by atoms with Crippen LogP contribution in [0.3, 0.4) is 0 Å². The molecule has 5 nitrogen and oxygen atoms in total. The Kier molecular flexibility index (Phi) is 3.35. The summed E-state index contributed by atoms with van der Waals surface area (Å²) in [5.74, 6) is -0.256. The SMILES string of the molecule is O=C(NCc1ccc2c(c1)CNC2)c1cncc(O)c1. The summed E-state index contributed by atoms with van der Waals surface area (Å²) in [5.41, 5.74) is 4.02. The zero-order valence-electron chi connectivity index (χ0n) is 10.9. The molecule has 1 aliphatic rings. The zero-order chi connectivity index (χ0) is 13.9. The Morgan fingerprint density at radius 2 is 2.10 bits per heavy atom. The maximum Gasteiger partial charge on any atom is 0.253 e. The average molecular weight is 269 g/mol. The number of hydrogen-bond acceptors (Lipinski definition) is 4. The van der Waals surface area contributed by atoms with Crippen molar-refractivity contribution in [2.45, 2.75) is 19.6 Å². The number of nitrogens with one attached hydrogen (secondary N) is 2. The molecule has 0 unspecified atom stereocenters. The Bertz CT molecular complexity index is 655. The molecule has 1 aromatic carbocycles.